The topological polar surface area (TPSA) is 164 Å². The van der Waals surface area contributed by atoms with Gasteiger partial charge in [-0.15, -0.1) is 0 Å². The molecule has 1 aromatic rings. The van der Waals surface area contributed by atoms with Crippen molar-refractivity contribution < 1.29 is 52.5 Å². The maximum Gasteiger partial charge on any atom is 0.335 e. The van der Waals surface area contributed by atoms with Crippen molar-refractivity contribution in [3.05, 3.63) is 29.8 Å². The summed E-state index contributed by atoms with van der Waals surface area (Å²) in [5, 5.41) is 17.0. The zero-order chi connectivity index (χ0) is 22.5. The van der Waals surface area contributed by atoms with Crippen molar-refractivity contribution in [3.63, 3.8) is 0 Å². The summed E-state index contributed by atoms with van der Waals surface area (Å²) in [6.07, 6.45) is 20.2. The molecule has 8 N–H and O–H groups in total. The Balaban J connectivity index is -0.000000275. The number of aromatic carboxylic acids is 1. The van der Waals surface area contributed by atoms with Crippen LogP contribution < -0.4 is 5.73 Å². The SMILES string of the molecule is CCCCCCCCCCCCCCCCCC(=O)O.Nc1ccc(C(=O)O)cc1.O.O.[Ti]. The second kappa shape index (κ2) is 28.6. The van der Waals surface area contributed by atoms with Gasteiger partial charge in [-0.1, -0.05) is 96.8 Å². The van der Waals surface area contributed by atoms with Gasteiger partial charge in [0.1, 0.15) is 0 Å². The van der Waals surface area contributed by atoms with Gasteiger partial charge in [-0.3, -0.25) is 4.79 Å². The van der Waals surface area contributed by atoms with Gasteiger partial charge in [-0.25, -0.2) is 4.79 Å². The Hall–Kier alpha value is -1.41. The van der Waals surface area contributed by atoms with Crippen LogP contribution in [0.2, 0.25) is 0 Å². The summed E-state index contributed by atoms with van der Waals surface area (Å²) in [4.78, 5) is 20.6. The number of hydrogen-bond donors (Lipinski definition) is 3. The second-order valence-corrected chi connectivity index (χ2v) is 8.02. The minimum atomic E-state index is -0.931. The zero-order valence-corrected chi connectivity index (χ0v) is 22.0. The Morgan fingerprint density at radius 2 is 1.00 bits per heavy atom. The molecule has 0 amide bonds. The van der Waals surface area contributed by atoms with E-state index in [2.05, 4.69) is 6.92 Å². The first-order valence-electron chi connectivity index (χ1n) is 11.8. The quantitative estimate of drug-likeness (QED) is 0.141. The van der Waals surface area contributed by atoms with Crippen molar-refractivity contribution in [1.82, 2.24) is 0 Å². The molecular formula is C25H47NO6Ti. The molecule has 0 aromatic heterocycles. The van der Waals surface area contributed by atoms with E-state index < -0.39 is 11.9 Å². The Morgan fingerprint density at radius 1 is 0.667 bits per heavy atom. The van der Waals surface area contributed by atoms with Crippen LogP contribution in [0.1, 0.15) is 120 Å². The smallest absolute Gasteiger partial charge is 0.335 e. The van der Waals surface area contributed by atoms with E-state index in [1.54, 1.807) is 12.1 Å². The summed E-state index contributed by atoms with van der Waals surface area (Å²) in [6, 6.07) is 6.06. The second-order valence-electron chi connectivity index (χ2n) is 8.02. The summed E-state index contributed by atoms with van der Waals surface area (Å²) >= 11 is 0. The van der Waals surface area contributed by atoms with Gasteiger partial charge >= 0.3 is 11.9 Å². The summed E-state index contributed by atoms with van der Waals surface area (Å²) in [5.41, 5.74) is 6.17. The summed E-state index contributed by atoms with van der Waals surface area (Å²) in [6.45, 7) is 2.27. The van der Waals surface area contributed by atoms with E-state index >= 15 is 0 Å². The monoisotopic (exact) mass is 505 g/mol. The molecule has 1 rings (SSSR count). The average Bonchev–Trinajstić information content (AvgIpc) is 2.71. The van der Waals surface area contributed by atoms with E-state index in [0.29, 0.717) is 12.1 Å². The zero-order valence-electron chi connectivity index (χ0n) is 20.4. The number of carboxylic acids is 2. The maximum atomic E-state index is 10.3. The molecule has 0 spiro atoms. The Kier molecular flexibility index (Phi) is 33.7. The first-order chi connectivity index (χ1) is 14.5. The van der Waals surface area contributed by atoms with E-state index in [1.807, 2.05) is 0 Å². The molecule has 192 valence electrons. The Bertz CT molecular complexity index is 554. The van der Waals surface area contributed by atoms with E-state index in [0.717, 1.165) is 12.8 Å². The number of benzene rings is 1. The minimum absolute atomic E-state index is 0. The summed E-state index contributed by atoms with van der Waals surface area (Å²) in [5.74, 6) is -1.58. The van der Waals surface area contributed by atoms with Crippen molar-refractivity contribution in [2.24, 2.45) is 0 Å². The van der Waals surface area contributed by atoms with Crippen molar-refractivity contribution in [3.8, 4) is 0 Å². The molecule has 7 nitrogen and oxygen atoms in total. The van der Waals surface area contributed by atoms with Gasteiger partial charge in [0.05, 0.1) is 5.56 Å². The summed E-state index contributed by atoms with van der Waals surface area (Å²) < 4.78 is 0. The minimum Gasteiger partial charge on any atom is -0.481 e. The van der Waals surface area contributed by atoms with Crippen molar-refractivity contribution in [2.45, 2.75) is 110 Å². The standard InChI is InChI=1S/C18H36O2.C7H7NO2.2H2O.Ti/c1-2-3-4-5-6-7-8-9-10-11-12-13-14-15-16-17-18(19)20;8-6-3-1-5(2-4-6)7(9)10;;;/h2-17H2,1H3,(H,19,20);1-4H,8H2,(H,9,10);2*1H2;. The number of anilines is 1. The molecule has 0 radical (unpaired) electrons. The Morgan fingerprint density at radius 3 is 1.30 bits per heavy atom. The van der Waals surface area contributed by atoms with Crippen LogP contribution in [-0.2, 0) is 26.5 Å². The molecule has 33 heavy (non-hydrogen) atoms. The van der Waals surface area contributed by atoms with Gasteiger partial charge in [0.15, 0.2) is 0 Å². The molecular weight excluding hydrogens is 458 g/mol. The first kappa shape index (κ1) is 38.8. The fourth-order valence-corrected chi connectivity index (χ4v) is 3.27. The number of hydrogen-bond acceptors (Lipinski definition) is 3. The molecule has 0 aliphatic rings. The van der Waals surface area contributed by atoms with Gasteiger partial charge in [0.25, 0.3) is 0 Å². The third-order valence-corrected chi connectivity index (χ3v) is 5.15. The molecule has 0 aliphatic heterocycles. The van der Waals surface area contributed by atoms with Crippen LogP contribution in [0.15, 0.2) is 24.3 Å². The van der Waals surface area contributed by atoms with Crippen molar-refractivity contribution in [2.75, 3.05) is 5.73 Å². The van der Waals surface area contributed by atoms with Crippen LogP contribution in [0.3, 0.4) is 0 Å². The predicted molar refractivity (Wildman–Crippen MR) is 132 cm³/mol. The first-order valence-corrected chi connectivity index (χ1v) is 11.8. The summed E-state index contributed by atoms with van der Waals surface area (Å²) in [7, 11) is 0. The molecule has 1 aromatic carbocycles. The normalized spacial score (nSPS) is 9.36. The van der Waals surface area contributed by atoms with Crippen LogP contribution >= 0.6 is 0 Å². The molecule has 0 atom stereocenters. The molecule has 0 heterocycles. The van der Waals surface area contributed by atoms with Crippen LogP contribution in [-0.4, -0.2) is 33.1 Å². The van der Waals surface area contributed by atoms with Crippen LogP contribution in [0.5, 0.6) is 0 Å². The fraction of sp³-hybridized carbons (Fsp3) is 0.680. The number of unbranched alkanes of at least 4 members (excludes halogenated alkanes) is 14. The van der Waals surface area contributed by atoms with Crippen molar-refractivity contribution >= 4 is 17.6 Å². The molecule has 0 unspecified atom stereocenters. The van der Waals surface area contributed by atoms with Gasteiger partial charge in [-0.2, -0.15) is 0 Å². The molecule has 8 heteroatoms. The van der Waals surface area contributed by atoms with E-state index in [9.17, 15) is 9.59 Å². The fourth-order valence-electron chi connectivity index (χ4n) is 3.27. The van der Waals surface area contributed by atoms with Gasteiger partial charge < -0.3 is 26.9 Å². The van der Waals surface area contributed by atoms with E-state index in [-0.39, 0.29) is 38.2 Å². The third-order valence-electron chi connectivity index (χ3n) is 5.15. The van der Waals surface area contributed by atoms with Gasteiger partial charge in [0.2, 0.25) is 0 Å². The van der Waals surface area contributed by atoms with Gasteiger partial charge in [-0.05, 0) is 30.7 Å². The molecule has 0 aliphatic carbocycles. The molecule has 0 fully saturated rings. The number of rotatable bonds is 17. The maximum absolute atomic E-state index is 10.3. The molecule has 0 saturated carbocycles. The van der Waals surface area contributed by atoms with E-state index in [4.69, 9.17) is 15.9 Å². The van der Waals surface area contributed by atoms with Crippen molar-refractivity contribution in [1.29, 1.82) is 0 Å². The van der Waals surface area contributed by atoms with Gasteiger partial charge in [0, 0.05) is 33.8 Å². The van der Waals surface area contributed by atoms with E-state index in [1.165, 1.54) is 95.6 Å². The number of nitrogen functional groups attached to an aromatic ring is 1. The largest absolute Gasteiger partial charge is 0.481 e. The number of carbonyl (C=O) groups is 2. The number of aliphatic carboxylic acids is 1. The third kappa shape index (κ3) is 28.6. The predicted octanol–water partition coefficient (Wildman–Crippen LogP) is 5.65. The average molecular weight is 506 g/mol. The van der Waals surface area contributed by atoms with Crippen LogP contribution in [0.25, 0.3) is 0 Å². The Labute approximate surface area is 215 Å². The van der Waals surface area contributed by atoms with Crippen LogP contribution in [0.4, 0.5) is 5.69 Å². The van der Waals surface area contributed by atoms with Crippen LogP contribution in [0, 0.1) is 0 Å². The number of carboxylic acid groups (broad SMARTS) is 2. The number of nitrogens with two attached hydrogens (primary N) is 1. The molecule has 0 saturated heterocycles. The molecule has 0 bridgehead atoms.